The highest BCUT2D eigenvalue weighted by atomic mass is 35.5. The topological polar surface area (TPSA) is 44.8 Å². The molecule has 1 saturated heterocycles. The zero-order chi connectivity index (χ0) is 18.4. The first-order valence-electron chi connectivity index (χ1n) is 8.76. The van der Waals surface area contributed by atoms with Crippen molar-refractivity contribution in [1.29, 1.82) is 0 Å². The number of nitrogens with zero attached hydrogens (tertiary/aromatic N) is 2. The van der Waals surface area contributed by atoms with Crippen LogP contribution in [0, 0.1) is 0 Å². The van der Waals surface area contributed by atoms with E-state index in [1.54, 1.807) is 7.11 Å². The van der Waals surface area contributed by atoms with Gasteiger partial charge in [-0.05, 0) is 29.3 Å². The van der Waals surface area contributed by atoms with Gasteiger partial charge in [0.1, 0.15) is 0 Å². The van der Waals surface area contributed by atoms with Crippen molar-refractivity contribution in [3.05, 3.63) is 64.7 Å². The minimum absolute atomic E-state index is 0.0250. The molecule has 0 aliphatic carbocycles. The summed E-state index contributed by atoms with van der Waals surface area (Å²) in [6.07, 6.45) is 0. The first-order valence-corrected chi connectivity index (χ1v) is 9.14. The molecule has 0 spiro atoms. The molecule has 0 unspecified atom stereocenters. The molecule has 1 heterocycles. The van der Waals surface area contributed by atoms with E-state index in [2.05, 4.69) is 10.2 Å². The fraction of sp³-hybridized carbons (Fsp3) is 0.350. The number of hydrogen-bond acceptors (Lipinski definition) is 3. The second-order valence-corrected chi connectivity index (χ2v) is 6.75. The van der Waals surface area contributed by atoms with E-state index in [1.807, 2.05) is 53.4 Å². The van der Waals surface area contributed by atoms with Crippen LogP contribution in [0.25, 0.3) is 0 Å². The predicted molar refractivity (Wildman–Crippen MR) is 105 cm³/mol. The Morgan fingerprint density at radius 2 is 1.81 bits per heavy atom. The molecule has 2 amide bonds. The van der Waals surface area contributed by atoms with Crippen LogP contribution in [0.1, 0.15) is 11.1 Å². The zero-order valence-electron chi connectivity index (χ0n) is 15.0. The normalized spacial score (nSPS) is 14.4. The van der Waals surface area contributed by atoms with Crippen LogP contribution >= 0.6 is 11.6 Å². The molecule has 6 heteroatoms. The average Bonchev–Trinajstić information content (AvgIpc) is 2.67. The van der Waals surface area contributed by atoms with Gasteiger partial charge in [0, 0.05) is 50.5 Å². The van der Waals surface area contributed by atoms with Crippen LogP contribution in [-0.4, -0.2) is 44.2 Å². The summed E-state index contributed by atoms with van der Waals surface area (Å²) in [5.74, 6) is 0. The summed E-state index contributed by atoms with van der Waals surface area (Å²) < 4.78 is 5.22. The van der Waals surface area contributed by atoms with Gasteiger partial charge in [0.05, 0.1) is 6.61 Å². The Hall–Kier alpha value is -2.24. The largest absolute Gasteiger partial charge is 0.380 e. The summed E-state index contributed by atoms with van der Waals surface area (Å²) in [5, 5.41) is 3.76. The van der Waals surface area contributed by atoms with E-state index in [4.69, 9.17) is 16.3 Å². The lowest BCUT2D eigenvalue weighted by atomic mass is 10.1. The quantitative estimate of drug-likeness (QED) is 0.872. The van der Waals surface area contributed by atoms with Gasteiger partial charge in [-0.2, -0.15) is 0 Å². The fourth-order valence-electron chi connectivity index (χ4n) is 3.15. The molecule has 1 N–H and O–H groups in total. The number of rotatable bonds is 5. The second kappa shape index (κ2) is 8.92. The second-order valence-electron chi connectivity index (χ2n) is 6.31. The lowest BCUT2D eigenvalue weighted by molar-refractivity contribution is 0.183. The van der Waals surface area contributed by atoms with E-state index in [-0.39, 0.29) is 6.03 Å². The predicted octanol–water partition coefficient (Wildman–Crippen LogP) is 3.52. The Balaban J connectivity index is 1.51. The summed E-state index contributed by atoms with van der Waals surface area (Å²) in [4.78, 5) is 16.6. The van der Waals surface area contributed by atoms with E-state index < -0.39 is 0 Å². The van der Waals surface area contributed by atoms with E-state index in [0.717, 1.165) is 34.9 Å². The number of halogens is 1. The van der Waals surface area contributed by atoms with Crippen LogP contribution in [0.15, 0.2) is 48.5 Å². The molecule has 138 valence electrons. The third kappa shape index (κ3) is 4.68. The van der Waals surface area contributed by atoms with Crippen LogP contribution in [-0.2, 0) is 17.9 Å². The molecule has 5 nitrogen and oxygen atoms in total. The zero-order valence-corrected chi connectivity index (χ0v) is 15.7. The highest BCUT2D eigenvalue weighted by molar-refractivity contribution is 6.30. The highest BCUT2D eigenvalue weighted by Gasteiger charge is 2.21. The van der Waals surface area contributed by atoms with E-state index in [1.165, 1.54) is 0 Å². The highest BCUT2D eigenvalue weighted by Crippen LogP contribution is 2.20. The van der Waals surface area contributed by atoms with Crippen LogP contribution in [0.3, 0.4) is 0 Å². The Kier molecular flexibility index (Phi) is 6.36. The van der Waals surface area contributed by atoms with Crippen molar-refractivity contribution in [2.45, 2.75) is 13.2 Å². The van der Waals surface area contributed by atoms with Crippen molar-refractivity contribution >= 4 is 23.3 Å². The van der Waals surface area contributed by atoms with Gasteiger partial charge in [-0.25, -0.2) is 4.79 Å². The van der Waals surface area contributed by atoms with Gasteiger partial charge in [0.2, 0.25) is 0 Å². The summed E-state index contributed by atoms with van der Waals surface area (Å²) in [6.45, 7) is 4.04. The minimum atomic E-state index is -0.0250. The molecular weight excluding hydrogens is 350 g/mol. The number of urea groups is 1. The number of anilines is 1. The Labute approximate surface area is 159 Å². The number of carbonyl (C=O) groups is 1. The lowest BCUT2D eigenvalue weighted by Crippen LogP contribution is -2.51. The third-order valence-electron chi connectivity index (χ3n) is 4.59. The molecular formula is C20H24ClN3O2. The third-order valence-corrected chi connectivity index (χ3v) is 4.82. The monoisotopic (exact) mass is 373 g/mol. The Bertz CT molecular complexity index is 745. The molecule has 1 fully saturated rings. The molecule has 1 aliphatic heterocycles. The van der Waals surface area contributed by atoms with Crippen molar-refractivity contribution < 1.29 is 9.53 Å². The Morgan fingerprint density at radius 1 is 1.08 bits per heavy atom. The summed E-state index contributed by atoms with van der Waals surface area (Å²) in [5.41, 5.74) is 3.28. The van der Waals surface area contributed by atoms with Crippen molar-refractivity contribution in [3.63, 3.8) is 0 Å². The summed E-state index contributed by atoms with van der Waals surface area (Å²) in [6, 6.07) is 15.8. The smallest absolute Gasteiger partial charge is 0.317 e. The lowest BCUT2D eigenvalue weighted by Gasteiger charge is -2.36. The van der Waals surface area contributed by atoms with Gasteiger partial charge in [-0.3, -0.25) is 0 Å². The number of hydrogen-bond donors (Lipinski definition) is 1. The molecule has 0 atom stereocenters. The van der Waals surface area contributed by atoms with Crippen molar-refractivity contribution in [3.8, 4) is 0 Å². The van der Waals surface area contributed by atoms with Gasteiger partial charge >= 0.3 is 6.03 Å². The summed E-state index contributed by atoms with van der Waals surface area (Å²) >= 11 is 6.07. The first kappa shape index (κ1) is 18.5. The van der Waals surface area contributed by atoms with Gasteiger partial charge < -0.3 is 19.9 Å². The number of benzene rings is 2. The average molecular weight is 374 g/mol. The van der Waals surface area contributed by atoms with Crippen LogP contribution in [0.4, 0.5) is 10.5 Å². The first-order chi connectivity index (χ1) is 12.7. The van der Waals surface area contributed by atoms with Crippen molar-refractivity contribution in [1.82, 2.24) is 10.2 Å². The van der Waals surface area contributed by atoms with Crippen molar-refractivity contribution in [2.75, 3.05) is 38.2 Å². The molecule has 0 radical (unpaired) electrons. The SMILES string of the molecule is COCc1ccccc1CNC(=O)N1CCN(c2cccc(Cl)c2)CC1. The fourth-order valence-corrected chi connectivity index (χ4v) is 3.33. The number of nitrogens with one attached hydrogen (secondary N) is 1. The number of piperazine rings is 1. The standard InChI is InChI=1S/C20H24ClN3O2/c1-26-15-17-6-3-2-5-16(17)14-22-20(25)24-11-9-23(10-12-24)19-8-4-7-18(21)13-19/h2-8,13H,9-12,14-15H2,1H3,(H,22,25). The number of methoxy groups -OCH3 is 1. The number of ether oxygens (including phenoxy) is 1. The minimum Gasteiger partial charge on any atom is -0.380 e. The van der Waals surface area contributed by atoms with E-state index in [9.17, 15) is 4.79 Å². The van der Waals surface area contributed by atoms with Gasteiger partial charge in [0.25, 0.3) is 0 Å². The van der Waals surface area contributed by atoms with Crippen molar-refractivity contribution in [2.24, 2.45) is 0 Å². The maximum atomic E-state index is 12.5. The number of amides is 2. The summed E-state index contributed by atoms with van der Waals surface area (Å²) in [7, 11) is 1.68. The molecule has 2 aromatic carbocycles. The molecule has 0 saturated carbocycles. The maximum Gasteiger partial charge on any atom is 0.317 e. The number of carbonyl (C=O) groups excluding carboxylic acids is 1. The molecule has 26 heavy (non-hydrogen) atoms. The molecule has 0 bridgehead atoms. The van der Waals surface area contributed by atoms with Gasteiger partial charge in [0.15, 0.2) is 0 Å². The molecule has 0 aromatic heterocycles. The molecule has 2 aromatic rings. The van der Waals surface area contributed by atoms with E-state index >= 15 is 0 Å². The Morgan fingerprint density at radius 3 is 2.50 bits per heavy atom. The van der Waals surface area contributed by atoms with Crippen LogP contribution < -0.4 is 10.2 Å². The van der Waals surface area contributed by atoms with Crippen LogP contribution in [0.5, 0.6) is 0 Å². The van der Waals surface area contributed by atoms with E-state index in [0.29, 0.717) is 26.2 Å². The van der Waals surface area contributed by atoms with Gasteiger partial charge in [-0.1, -0.05) is 41.9 Å². The molecule has 1 aliphatic rings. The van der Waals surface area contributed by atoms with Crippen LogP contribution in [0.2, 0.25) is 5.02 Å². The van der Waals surface area contributed by atoms with Gasteiger partial charge in [-0.15, -0.1) is 0 Å². The molecule has 3 rings (SSSR count). The maximum absolute atomic E-state index is 12.5.